The van der Waals surface area contributed by atoms with Gasteiger partial charge in [-0.2, -0.15) is 13.2 Å². The lowest BCUT2D eigenvalue weighted by atomic mass is 10.0. The van der Waals surface area contributed by atoms with E-state index in [9.17, 15) is 17.6 Å². The van der Waals surface area contributed by atoms with Gasteiger partial charge in [0.2, 0.25) is 0 Å². The molecule has 0 spiro atoms. The van der Waals surface area contributed by atoms with Crippen molar-refractivity contribution in [1.82, 2.24) is 9.97 Å². The van der Waals surface area contributed by atoms with Crippen molar-refractivity contribution in [2.75, 3.05) is 0 Å². The molecule has 1 unspecified atom stereocenters. The summed E-state index contributed by atoms with van der Waals surface area (Å²) in [6.07, 6.45) is -0.252. The van der Waals surface area contributed by atoms with E-state index in [1.165, 1.54) is 6.20 Å². The van der Waals surface area contributed by atoms with Gasteiger partial charge in [-0.15, -0.1) is 11.3 Å². The normalized spacial score (nSPS) is 17.0. The van der Waals surface area contributed by atoms with Crippen LogP contribution in [0, 0.1) is 11.7 Å². The van der Waals surface area contributed by atoms with E-state index in [0.717, 1.165) is 36.4 Å². The van der Waals surface area contributed by atoms with Crippen molar-refractivity contribution in [3.05, 3.63) is 34.8 Å². The second-order valence-electron chi connectivity index (χ2n) is 5.25. The molecule has 2 nitrogen and oxygen atoms in total. The van der Waals surface area contributed by atoms with Crippen molar-refractivity contribution in [1.29, 1.82) is 0 Å². The fourth-order valence-corrected chi connectivity index (χ4v) is 3.52. The lowest BCUT2D eigenvalue weighted by Gasteiger charge is -2.11. The van der Waals surface area contributed by atoms with Crippen LogP contribution in [0.2, 0.25) is 0 Å². The van der Waals surface area contributed by atoms with Crippen LogP contribution < -0.4 is 0 Å². The van der Waals surface area contributed by atoms with Crippen LogP contribution in [0.4, 0.5) is 17.6 Å². The maximum atomic E-state index is 13.2. The van der Waals surface area contributed by atoms with Gasteiger partial charge in [-0.3, -0.25) is 4.98 Å². The molecule has 3 rings (SSSR count). The Morgan fingerprint density at radius 3 is 2.57 bits per heavy atom. The first-order chi connectivity index (χ1) is 9.86. The predicted molar refractivity (Wildman–Crippen MR) is 71.4 cm³/mol. The minimum atomic E-state index is -4.49. The van der Waals surface area contributed by atoms with Crippen molar-refractivity contribution in [2.45, 2.75) is 31.9 Å². The number of aromatic nitrogens is 2. The molecule has 0 bridgehead atoms. The third-order valence-electron chi connectivity index (χ3n) is 3.62. The number of thiazole rings is 1. The number of alkyl halides is 3. The molecule has 1 atom stereocenters. The molecule has 0 radical (unpaired) electrons. The van der Waals surface area contributed by atoms with E-state index >= 15 is 0 Å². The maximum absolute atomic E-state index is 13.2. The van der Waals surface area contributed by atoms with Gasteiger partial charge >= 0.3 is 6.18 Å². The Bertz CT molecular complexity index is 661. The first-order valence-electron chi connectivity index (χ1n) is 6.55. The van der Waals surface area contributed by atoms with Gasteiger partial charge in [-0.25, -0.2) is 9.37 Å². The molecule has 1 saturated carbocycles. The van der Waals surface area contributed by atoms with Gasteiger partial charge < -0.3 is 0 Å². The van der Waals surface area contributed by atoms with E-state index < -0.39 is 17.7 Å². The molecular formula is C14H12F4N2S. The number of rotatable bonds is 3. The topological polar surface area (TPSA) is 25.8 Å². The molecule has 0 N–H and O–H groups in total. The van der Waals surface area contributed by atoms with Crippen LogP contribution in [0.15, 0.2) is 18.5 Å². The third kappa shape index (κ3) is 2.92. The van der Waals surface area contributed by atoms with E-state index in [4.69, 9.17) is 0 Å². The highest BCUT2D eigenvalue weighted by Crippen LogP contribution is 2.49. The van der Waals surface area contributed by atoms with E-state index in [1.807, 2.05) is 0 Å². The Morgan fingerprint density at radius 1 is 1.29 bits per heavy atom. The van der Waals surface area contributed by atoms with Crippen molar-refractivity contribution in [3.63, 3.8) is 0 Å². The maximum Gasteiger partial charge on any atom is 0.434 e. The van der Waals surface area contributed by atoms with Crippen LogP contribution >= 0.6 is 11.3 Å². The lowest BCUT2D eigenvalue weighted by molar-refractivity contribution is -0.141. The molecule has 0 aromatic carbocycles. The molecule has 1 aliphatic carbocycles. The Morgan fingerprint density at radius 2 is 2.00 bits per heavy atom. The Hall–Kier alpha value is -1.50. The third-order valence-corrected chi connectivity index (χ3v) is 4.92. The zero-order chi connectivity index (χ0) is 15.2. The van der Waals surface area contributed by atoms with Crippen LogP contribution in [0.3, 0.4) is 0 Å². The van der Waals surface area contributed by atoms with Crippen LogP contribution in [0.25, 0.3) is 10.6 Å². The summed E-state index contributed by atoms with van der Waals surface area (Å²) in [5, 5.41) is 0.164. The first kappa shape index (κ1) is 14.4. The zero-order valence-electron chi connectivity index (χ0n) is 11.1. The Kier molecular flexibility index (Phi) is 3.47. The van der Waals surface area contributed by atoms with Crippen LogP contribution in [-0.2, 0) is 6.18 Å². The van der Waals surface area contributed by atoms with Gasteiger partial charge in [-0.1, -0.05) is 6.92 Å². The van der Waals surface area contributed by atoms with Crippen LogP contribution in [-0.4, -0.2) is 9.97 Å². The minimum Gasteiger partial charge on any atom is -0.261 e. The summed E-state index contributed by atoms with van der Waals surface area (Å²) < 4.78 is 52.6. The fraction of sp³-hybridized carbons (Fsp3) is 0.429. The summed E-state index contributed by atoms with van der Waals surface area (Å²) in [7, 11) is 0. The molecule has 2 heterocycles. The molecule has 1 aliphatic rings. The van der Waals surface area contributed by atoms with Gasteiger partial charge in [0.1, 0.15) is 10.8 Å². The van der Waals surface area contributed by atoms with Crippen molar-refractivity contribution in [2.24, 2.45) is 5.92 Å². The molecule has 0 amide bonds. The Labute approximate surface area is 122 Å². The molecule has 7 heteroatoms. The van der Waals surface area contributed by atoms with Crippen molar-refractivity contribution >= 4 is 11.3 Å². The van der Waals surface area contributed by atoms with Crippen molar-refractivity contribution < 1.29 is 17.6 Å². The molecule has 112 valence electrons. The number of hydrogen-bond acceptors (Lipinski definition) is 3. The summed E-state index contributed by atoms with van der Waals surface area (Å²) in [6.45, 7) is 1.80. The molecule has 0 saturated heterocycles. The summed E-state index contributed by atoms with van der Waals surface area (Å²) >= 11 is 0.987. The molecule has 0 aliphatic heterocycles. The van der Waals surface area contributed by atoms with Crippen LogP contribution in [0.1, 0.15) is 36.3 Å². The summed E-state index contributed by atoms with van der Waals surface area (Å²) in [6, 6.07) is 1.15. The quantitative estimate of drug-likeness (QED) is 0.755. The largest absolute Gasteiger partial charge is 0.434 e. The molecule has 1 fully saturated rings. The van der Waals surface area contributed by atoms with Gasteiger partial charge in [0.25, 0.3) is 0 Å². The smallest absolute Gasteiger partial charge is 0.261 e. The monoisotopic (exact) mass is 316 g/mol. The average molecular weight is 316 g/mol. The lowest BCUT2D eigenvalue weighted by Crippen LogP contribution is -2.10. The van der Waals surface area contributed by atoms with Gasteiger partial charge in [-0.05, 0) is 30.7 Å². The van der Waals surface area contributed by atoms with Gasteiger partial charge in [0.05, 0.1) is 6.20 Å². The van der Waals surface area contributed by atoms with E-state index in [-0.39, 0.29) is 21.4 Å². The van der Waals surface area contributed by atoms with Gasteiger partial charge in [0, 0.05) is 16.6 Å². The summed E-state index contributed by atoms with van der Waals surface area (Å²) in [5.74, 6) is -0.465. The predicted octanol–water partition coefficient (Wildman–Crippen LogP) is 4.88. The van der Waals surface area contributed by atoms with E-state index in [1.54, 1.807) is 6.92 Å². The highest BCUT2D eigenvalue weighted by Gasteiger charge is 2.41. The summed E-state index contributed by atoms with van der Waals surface area (Å²) in [4.78, 5) is 7.62. The first-order valence-corrected chi connectivity index (χ1v) is 7.36. The Balaban J connectivity index is 2.07. The highest BCUT2D eigenvalue weighted by atomic mass is 32.1. The number of halogens is 4. The molecular weight excluding hydrogens is 304 g/mol. The second kappa shape index (κ2) is 5.05. The van der Waals surface area contributed by atoms with Crippen LogP contribution in [0.5, 0.6) is 0 Å². The zero-order valence-corrected chi connectivity index (χ0v) is 11.9. The highest BCUT2D eigenvalue weighted by molar-refractivity contribution is 7.15. The molecule has 2 aromatic heterocycles. The summed E-state index contributed by atoms with van der Waals surface area (Å²) in [5.41, 5.74) is -0.564. The number of nitrogens with zero attached hydrogens (tertiary/aromatic N) is 2. The molecule has 21 heavy (non-hydrogen) atoms. The van der Waals surface area contributed by atoms with E-state index in [0.29, 0.717) is 5.92 Å². The second-order valence-corrected chi connectivity index (χ2v) is 6.28. The van der Waals surface area contributed by atoms with E-state index in [2.05, 4.69) is 9.97 Å². The molecule has 2 aromatic rings. The number of hydrogen-bond donors (Lipinski definition) is 0. The fourth-order valence-electron chi connectivity index (χ4n) is 2.31. The van der Waals surface area contributed by atoms with Gasteiger partial charge in [0.15, 0.2) is 5.69 Å². The average Bonchev–Trinajstić information content (AvgIpc) is 3.14. The SMILES string of the molecule is CC(c1sc(-c2cncc(F)c2)nc1C(F)(F)F)C1CC1. The minimum absolute atomic E-state index is 0.164. The number of pyridine rings is 1. The van der Waals surface area contributed by atoms with Crippen molar-refractivity contribution in [3.8, 4) is 10.6 Å². The standard InChI is InChI=1S/C14H12F4N2S/c1-7(8-2-3-8)11-12(14(16,17)18)20-13(21-11)9-4-10(15)6-19-5-9/h4-8H,2-3H2,1H3.